The lowest BCUT2D eigenvalue weighted by atomic mass is 9.90. The molecule has 1 aliphatic carbocycles. The molecule has 4 rings (SSSR count). The summed E-state index contributed by atoms with van der Waals surface area (Å²) in [6, 6.07) is 14.5. The number of rotatable bonds is 7. The number of nitrogens with zero attached hydrogens (tertiary/aromatic N) is 2. The summed E-state index contributed by atoms with van der Waals surface area (Å²) in [4.78, 5) is 18.7. The molecule has 1 aromatic carbocycles. The molecule has 0 atom stereocenters. The monoisotopic (exact) mass is 379 g/mol. The summed E-state index contributed by atoms with van der Waals surface area (Å²) in [6.07, 6.45) is 7.57. The van der Waals surface area contributed by atoms with E-state index in [9.17, 15) is 4.79 Å². The smallest absolute Gasteiger partial charge is 0.317 e. The van der Waals surface area contributed by atoms with Gasteiger partial charge in [0, 0.05) is 31.9 Å². The minimum absolute atomic E-state index is 0.0206. The summed E-state index contributed by atoms with van der Waals surface area (Å²) in [7, 11) is 0. The van der Waals surface area contributed by atoms with Crippen LogP contribution in [-0.2, 0) is 13.0 Å². The van der Waals surface area contributed by atoms with E-state index >= 15 is 0 Å². The van der Waals surface area contributed by atoms with Gasteiger partial charge >= 0.3 is 6.03 Å². The van der Waals surface area contributed by atoms with Gasteiger partial charge < -0.3 is 15.0 Å². The van der Waals surface area contributed by atoms with Crippen LogP contribution in [0.15, 0.2) is 48.7 Å². The van der Waals surface area contributed by atoms with Crippen molar-refractivity contribution in [2.45, 2.75) is 38.6 Å². The molecule has 148 valence electrons. The summed E-state index contributed by atoms with van der Waals surface area (Å²) in [5.41, 5.74) is 2.38. The van der Waals surface area contributed by atoms with Gasteiger partial charge in [0.2, 0.25) is 5.88 Å². The van der Waals surface area contributed by atoms with Gasteiger partial charge in [-0.25, -0.2) is 9.78 Å². The molecule has 1 aliphatic heterocycles. The Morgan fingerprint density at radius 3 is 2.46 bits per heavy atom. The summed E-state index contributed by atoms with van der Waals surface area (Å²) < 4.78 is 5.65. The van der Waals surface area contributed by atoms with E-state index in [4.69, 9.17) is 4.74 Å². The van der Waals surface area contributed by atoms with E-state index in [1.54, 1.807) is 6.20 Å². The van der Waals surface area contributed by atoms with Crippen LogP contribution in [0.3, 0.4) is 0 Å². The van der Waals surface area contributed by atoms with Crippen LogP contribution >= 0.6 is 0 Å². The number of nitrogens with one attached hydrogen (secondary N) is 1. The lowest BCUT2D eigenvalue weighted by Gasteiger charge is -2.32. The van der Waals surface area contributed by atoms with Crippen molar-refractivity contribution >= 4 is 6.03 Å². The van der Waals surface area contributed by atoms with Gasteiger partial charge in [-0.2, -0.15) is 0 Å². The largest absolute Gasteiger partial charge is 0.477 e. The van der Waals surface area contributed by atoms with Gasteiger partial charge in [-0.3, -0.25) is 0 Å². The first-order valence-electron chi connectivity index (χ1n) is 10.4. The quantitative estimate of drug-likeness (QED) is 0.790. The predicted molar refractivity (Wildman–Crippen MR) is 109 cm³/mol. The molecule has 0 radical (unpaired) electrons. The Labute approximate surface area is 167 Å². The zero-order valence-corrected chi connectivity index (χ0v) is 16.3. The van der Waals surface area contributed by atoms with Gasteiger partial charge in [-0.05, 0) is 55.1 Å². The fraction of sp³-hybridized carbons (Fsp3) is 0.478. The number of amides is 2. The van der Waals surface area contributed by atoms with Crippen LogP contribution in [0.4, 0.5) is 4.79 Å². The second-order valence-electron chi connectivity index (χ2n) is 8.04. The summed E-state index contributed by atoms with van der Waals surface area (Å²) in [5.74, 6) is 2.05. The van der Waals surface area contributed by atoms with Gasteiger partial charge in [0.05, 0.1) is 6.61 Å². The van der Waals surface area contributed by atoms with Crippen molar-refractivity contribution in [1.82, 2.24) is 15.2 Å². The zero-order valence-electron chi connectivity index (χ0n) is 16.3. The summed E-state index contributed by atoms with van der Waals surface area (Å²) in [5, 5.41) is 3.02. The van der Waals surface area contributed by atoms with Crippen molar-refractivity contribution in [3.05, 3.63) is 59.8 Å². The molecule has 5 nitrogen and oxygen atoms in total. The zero-order chi connectivity index (χ0) is 19.2. The summed E-state index contributed by atoms with van der Waals surface area (Å²) >= 11 is 0. The van der Waals surface area contributed by atoms with E-state index in [2.05, 4.69) is 40.6 Å². The van der Waals surface area contributed by atoms with Crippen LogP contribution in [0.5, 0.6) is 5.88 Å². The Bertz CT molecular complexity index is 751. The van der Waals surface area contributed by atoms with Gasteiger partial charge in [0.15, 0.2) is 0 Å². The number of likely N-dealkylation sites (tertiary alicyclic amines) is 1. The average molecular weight is 380 g/mol. The Morgan fingerprint density at radius 1 is 1.00 bits per heavy atom. The third-order valence-corrected chi connectivity index (χ3v) is 5.67. The SMILES string of the molecule is O=C(NCc1ccc(OCC2CC2)nc1)N1CCC(Cc2ccccc2)CC1. The number of hydrogen-bond donors (Lipinski definition) is 1. The second-order valence-corrected chi connectivity index (χ2v) is 8.04. The maximum Gasteiger partial charge on any atom is 0.317 e. The second kappa shape index (κ2) is 9.09. The fourth-order valence-electron chi connectivity index (χ4n) is 3.67. The van der Waals surface area contributed by atoms with Crippen molar-refractivity contribution in [2.24, 2.45) is 11.8 Å². The summed E-state index contributed by atoms with van der Waals surface area (Å²) in [6.45, 7) is 2.92. The third-order valence-electron chi connectivity index (χ3n) is 5.67. The molecule has 1 saturated heterocycles. The van der Waals surface area contributed by atoms with Crippen LogP contribution in [0.25, 0.3) is 0 Å². The minimum Gasteiger partial charge on any atom is -0.477 e. The number of urea groups is 1. The molecule has 0 spiro atoms. The van der Waals surface area contributed by atoms with E-state index in [1.165, 1.54) is 18.4 Å². The Kier molecular flexibility index (Phi) is 6.10. The molecule has 1 N–H and O–H groups in total. The molecule has 1 saturated carbocycles. The maximum absolute atomic E-state index is 12.5. The van der Waals surface area contributed by atoms with Crippen LogP contribution < -0.4 is 10.1 Å². The molecule has 28 heavy (non-hydrogen) atoms. The highest BCUT2D eigenvalue weighted by molar-refractivity contribution is 5.74. The lowest BCUT2D eigenvalue weighted by Crippen LogP contribution is -2.44. The highest BCUT2D eigenvalue weighted by Crippen LogP contribution is 2.29. The van der Waals surface area contributed by atoms with Gasteiger partial charge in [0.1, 0.15) is 0 Å². The number of hydrogen-bond acceptors (Lipinski definition) is 3. The first-order valence-corrected chi connectivity index (χ1v) is 10.4. The normalized spacial score (nSPS) is 17.4. The number of benzene rings is 1. The molecule has 0 unspecified atom stereocenters. The van der Waals surface area contributed by atoms with E-state index in [1.807, 2.05) is 17.0 Å². The van der Waals surface area contributed by atoms with E-state index in [0.717, 1.165) is 50.4 Å². The third kappa shape index (κ3) is 5.47. The molecule has 2 fully saturated rings. The predicted octanol–water partition coefficient (Wildman–Crippen LogP) is 4.03. The van der Waals surface area contributed by atoms with Crippen LogP contribution in [-0.4, -0.2) is 35.6 Å². The van der Waals surface area contributed by atoms with Crippen molar-refractivity contribution in [3.8, 4) is 5.88 Å². The van der Waals surface area contributed by atoms with Crippen molar-refractivity contribution in [3.63, 3.8) is 0 Å². The molecule has 1 aromatic heterocycles. The average Bonchev–Trinajstić information content (AvgIpc) is 3.57. The number of aromatic nitrogens is 1. The maximum atomic E-state index is 12.5. The molecule has 0 bridgehead atoms. The van der Waals surface area contributed by atoms with E-state index < -0.39 is 0 Å². The van der Waals surface area contributed by atoms with Crippen LogP contribution in [0.2, 0.25) is 0 Å². The molecular weight excluding hydrogens is 350 g/mol. The van der Waals surface area contributed by atoms with E-state index in [0.29, 0.717) is 18.3 Å². The Balaban J connectivity index is 1.17. The lowest BCUT2D eigenvalue weighted by molar-refractivity contribution is 0.170. The number of carbonyl (C=O) groups is 1. The molecule has 2 aliphatic rings. The number of pyridine rings is 1. The number of ether oxygens (including phenoxy) is 1. The van der Waals surface area contributed by atoms with Crippen LogP contribution in [0.1, 0.15) is 36.8 Å². The first kappa shape index (κ1) is 18.8. The van der Waals surface area contributed by atoms with Gasteiger partial charge in [0.25, 0.3) is 0 Å². The topological polar surface area (TPSA) is 54.5 Å². The molecule has 2 amide bonds. The first-order chi connectivity index (χ1) is 13.8. The molecular formula is C23H29N3O2. The van der Waals surface area contributed by atoms with Crippen molar-refractivity contribution < 1.29 is 9.53 Å². The number of piperidine rings is 1. The van der Waals surface area contributed by atoms with Crippen molar-refractivity contribution in [1.29, 1.82) is 0 Å². The molecule has 2 aromatic rings. The van der Waals surface area contributed by atoms with E-state index in [-0.39, 0.29) is 6.03 Å². The Hall–Kier alpha value is -2.56. The highest BCUT2D eigenvalue weighted by atomic mass is 16.5. The van der Waals surface area contributed by atoms with Gasteiger partial charge in [-0.15, -0.1) is 0 Å². The van der Waals surface area contributed by atoms with Gasteiger partial charge in [-0.1, -0.05) is 36.4 Å². The standard InChI is InChI=1S/C23H29N3O2/c27-23(25-16-21-8-9-22(24-15-21)28-17-20-6-7-20)26-12-10-19(11-13-26)14-18-4-2-1-3-5-18/h1-5,8-9,15,19-20H,6-7,10-14,16-17H2,(H,25,27). The number of carbonyl (C=O) groups excluding carboxylic acids is 1. The van der Waals surface area contributed by atoms with Crippen LogP contribution in [0, 0.1) is 11.8 Å². The van der Waals surface area contributed by atoms with Crippen molar-refractivity contribution in [2.75, 3.05) is 19.7 Å². The highest BCUT2D eigenvalue weighted by Gasteiger charge is 2.23. The molecule has 5 heteroatoms. The molecule has 2 heterocycles. The Morgan fingerprint density at radius 2 is 1.79 bits per heavy atom. The fourth-order valence-corrected chi connectivity index (χ4v) is 3.67. The minimum atomic E-state index is 0.0206.